The Labute approximate surface area is 117 Å². The Hall–Kier alpha value is -0.610. The molecule has 2 N–H and O–H groups in total. The number of hydrogen-bond acceptors (Lipinski definition) is 3. The normalized spacial score (nSPS) is 19.2. The third kappa shape index (κ3) is 4.18. The Morgan fingerprint density at radius 3 is 2.26 bits per heavy atom. The topological polar surface area (TPSA) is 52.6 Å². The molecular weight excluding hydrogens is 240 g/mol. The highest BCUT2D eigenvalue weighted by Gasteiger charge is 2.51. The molecule has 1 atom stereocenters. The predicted molar refractivity (Wildman–Crippen MR) is 78.3 cm³/mol. The van der Waals surface area contributed by atoms with E-state index in [1.54, 1.807) is 0 Å². The van der Waals surface area contributed by atoms with E-state index >= 15 is 0 Å². The summed E-state index contributed by atoms with van der Waals surface area (Å²) in [6.07, 6.45) is 2.07. The van der Waals surface area contributed by atoms with Crippen molar-refractivity contribution in [1.82, 2.24) is 10.2 Å². The largest absolute Gasteiger partial charge is 0.480 e. The number of likely N-dealkylation sites (N-methyl/N-ethyl adjacent to an activating group) is 1. The Morgan fingerprint density at radius 1 is 1.37 bits per heavy atom. The Kier molecular flexibility index (Phi) is 5.81. The molecule has 112 valence electrons. The van der Waals surface area contributed by atoms with E-state index in [4.69, 9.17) is 0 Å². The molecule has 0 spiro atoms. The number of aliphatic carboxylic acids is 1. The molecule has 0 radical (unpaired) electrons. The van der Waals surface area contributed by atoms with Gasteiger partial charge >= 0.3 is 5.97 Å². The SMILES string of the molecule is CCNC(CN(CC(C)C)C(C)C)(C(=O)O)C1CC1. The average Bonchev–Trinajstić information content (AvgIpc) is 3.09. The second-order valence-corrected chi connectivity index (χ2v) is 6.50. The Balaban J connectivity index is 2.87. The van der Waals surface area contributed by atoms with Crippen LogP contribution in [0.1, 0.15) is 47.5 Å². The minimum absolute atomic E-state index is 0.290. The summed E-state index contributed by atoms with van der Waals surface area (Å²) < 4.78 is 0. The van der Waals surface area contributed by atoms with Crippen LogP contribution in [0.15, 0.2) is 0 Å². The fraction of sp³-hybridized carbons (Fsp3) is 0.933. The molecule has 0 aliphatic heterocycles. The molecule has 0 aromatic carbocycles. The summed E-state index contributed by atoms with van der Waals surface area (Å²) in [5.41, 5.74) is -0.756. The van der Waals surface area contributed by atoms with Gasteiger partial charge in [0, 0.05) is 19.1 Å². The molecule has 19 heavy (non-hydrogen) atoms. The van der Waals surface area contributed by atoms with Crippen LogP contribution in [0, 0.1) is 11.8 Å². The van der Waals surface area contributed by atoms with Crippen LogP contribution in [0.5, 0.6) is 0 Å². The number of carboxylic acid groups (broad SMARTS) is 1. The molecule has 0 saturated heterocycles. The standard InChI is InChI=1S/C15H30N2O2/c1-6-16-15(14(18)19,13-7-8-13)10-17(12(4)5)9-11(2)3/h11-13,16H,6-10H2,1-5H3,(H,18,19). The minimum atomic E-state index is -0.756. The monoisotopic (exact) mass is 270 g/mol. The van der Waals surface area contributed by atoms with E-state index < -0.39 is 11.5 Å². The summed E-state index contributed by atoms with van der Waals surface area (Å²) >= 11 is 0. The van der Waals surface area contributed by atoms with Crippen LogP contribution >= 0.6 is 0 Å². The van der Waals surface area contributed by atoms with E-state index in [1.807, 2.05) is 6.92 Å². The van der Waals surface area contributed by atoms with Crippen molar-refractivity contribution in [3.05, 3.63) is 0 Å². The average molecular weight is 270 g/mol. The van der Waals surface area contributed by atoms with E-state index in [2.05, 4.69) is 37.9 Å². The molecule has 1 aliphatic rings. The van der Waals surface area contributed by atoms with Crippen molar-refractivity contribution in [3.8, 4) is 0 Å². The maximum absolute atomic E-state index is 11.8. The van der Waals surface area contributed by atoms with Crippen molar-refractivity contribution < 1.29 is 9.90 Å². The smallest absolute Gasteiger partial charge is 0.325 e. The summed E-state index contributed by atoms with van der Waals surface area (Å²) in [6, 6.07) is 0.374. The van der Waals surface area contributed by atoms with Crippen LogP contribution in [-0.4, -0.2) is 47.2 Å². The van der Waals surface area contributed by atoms with Gasteiger partial charge < -0.3 is 10.4 Å². The number of carbonyl (C=O) groups is 1. The molecule has 4 nitrogen and oxygen atoms in total. The number of nitrogens with one attached hydrogen (secondary N) is 1. The maximum atomic E-state index is 11.8. The number of rotatable bonds is 9. The minimum Gasteiger partial charge on any atom is -0.480 e. The van der Waals surface area contributed by atoms with Crippen molar-refractivity contribution in [1.29, 1.82) is 0 Å². The van der Waals surface area contributed by atoms with Crippen LogP contribution in [0.3, 0.4) is 0 Å². The lowest BCUT2D eigenvalue weighted by molar-refractivity contribution is -0.147. The molecule has 1 aliphatic carbocycles. The van der Waals surface area contributed by atoms with E-state index in [0.29, 0.717) is 31.0 Å². The zero-order valence-electron chi connectivity index (χ0n) is 13.1. The van der Waals surface area contributed by atoms with Gasteiger partial charge in [0.25, 0.3) is 0 Å². The van der Waals surface area contributed by atoms with Gasteiger partial charge in [-0.25, -0.2) is 0 Å². The van der Waals surface area contributed by atoms with Gasteiger partial charge in [0.2, 0.25) is 0 Å². The first kappa shape index (κ1) is 16.4. The predicted octanol–water partition coefficient (Wildman–Crippen LogP) is 2.20. The molecule has 1 rings (SSSR count). The van der Waals surface area contributed by atoms with Gasteiger partial charge in [-0.2, -0.15) is 0 Å². The van der Waals surface area contributed by atoms with Crippen LogP contribution in [0.25, 0.3) is 0 Å². The first-order valence-electron chi connectivity index (χ1n) is 7.56. The first-order valence-corrected chi connectivity index (χ1v) is 7.56. The van der Waals surface area contributed by atoms with E-state index in [9.17, 15) is 9.90 Å². The van der Waals surface area contributed by atoms with E-state index in [0.717, 1.165) is 19.4 Å². The number of hydrogen-bond donors (Lipinski definition) is 2. The molecule has 0 heterocycles. The molecule has 4 heteroatoms. The third-order valence-corrected chi connectivity index (χ3v) is 3.93. The Morgan fingerprint density at radius 2 is 1.95 bits per heavy atom. The fourth-order valence-corrected chi connectivity index (χ4v) is 2.79. The molecular formula is C15H30N2O2. The summed E-state index contributed by atoms with van der Waals surface area (Å²) in [4.78, 5) is 14.2. The lowest BCUT2D eigenvalue weighted by Gasteiger charge is -2.38. The first-order chi connectivity index (χ1) is 8.83. The van der Waals surface area contributed by atoms with Gasteiger partial charge in [0.15, 0.2) is 0 Å². The molecule has 0 bridgehead atoms. The van der Waals surface area contributed by atoms with Gasteiger partial charge in [-0.1, -0.05) is 20.8 Å². The highest BCUT2D eigenvalue weighted by molar-refractivity contribution is 5.80. The maximum Gasteiger partial charge on any atom is 0.325 e. The number of carboxylic acids is 1. The zero-order chi connectivity index (χ0) is 14.6. The highest BCUT2D eigenvalue weighted by atomic mass is 16.4. The second kappa shape index (κ2) is 6.71. The highest BCUT2D eigenvalue weighted by Crippen LogP contribution is 2.40. The zero-order valence-corrected chi connectivity index (χ0v) is 13.1. The van der Waals surface area contributed by atoms with Crippen molar-refractivity contribution in [3.63, 3.8) is 0 Å². The van der Waals surface area contributed by atoms with Gasteiger partial charge in [0.1, 0.15) is 5.54 Å². The van der Waals surface area contributed by atoms with Crippen LogP contribution in [0.4, 0.5) is 0 Å². The van der Waals surface area contributed by atoms with Gasteiger partial charge in [-0.05, 0) is 45.1 Å². The quantitative estimate of drug-likeness (QED) is 0.674. The molecule has 0 aromatic rings. The lowest BCUT2D eigenvalue weighted by Crippen LogP contribution is -2.61. The van der Waals surface area contributed by atoms with E-state index in [1.165, 1.54) is 0 Å². The van der Waals surface area contributed by atoms with Gasteiger partial charge in [-0.3, -0.25) is 9.69 Å². The number of nitrogens with zero attached hydrogens (tertiary/aromatic N) is 1. The van der Waals surface area contributed by atoms with Gasteiger partial charge in [-0.15, -0.1) is 0 Å². The molecule has 0 aromatic heterocycles. The van der Waals surface area contributed by atoms with Gasteiger partial charge in [0.05, 0.1) is 0 Å². The van der Waals surface area contributed by atoms with E-state index in [-0.39, 0.29) is 0 Å². The van der Waals surface area contributed by atoms with Crippen molar-refractivity contribution in [2.45, 2.75) is 59.0 Å². The molecule has 1 fully saturated rings. The van der Waals surface area contributed by atoms with Crippen LogP contribution < -0.4 is 5.32 Å². The summed E-state index contributed by atoms with van der Waals surface area (Å²) in [5.74, 6) is 0.152. The summed E-state index contributed by atoms with van der Waals surface area (Å²) in [7, 11) is 0. The molecule has 0 amide bonds. The van der Waals surface area contributed by atoms with Crippen molar-refractivity contribution in [2.24, 2.45) is 11.8 Å². The molecule has 1 saturated carbocycles. The Bertz CT molecular complexity index is 301. The summed E-state index contributed by atoms with van der Waals surface area (Å²) in [6.45, 7) is 12.9. The third-order valence-electron chi connectivity index (χ3n) is 3.93. The van der Waals surface area contributed by atoms with Crippen molar-refractivity contribution in [2.75, 3.05) is 19.6 Å². The van der Waals surface area contributed by atoms with Crippen molar-refractivity contribution >= 4 is 5.97 Å². The van der Waals surface area contributed by atoms with Crippen LogP contribution in [-0.2, 0) is 4.79 Å². The second-order valence-electron chi connectivity index (χ2n) is 6.50. The fourth-order valence-electron chi connectivity index (χ4n) is 2.79. The lowest BCUT2D eigenvalue weighted by atomic mass is 9.91. The summed E-state index contributed by atoms with van der Waals surface area (Å²) in [5, 5.41) is 13.0. The molecule has 1 unspecified atom stereocenters. The van der Waals surface area contributed by atoms with Crippen LogP contribution in [0.2, 0.25) is 0 Å².